The van der Waals surface area contributed by atoms with Crippen LogP contribution in [0.1, 0.15) is 30.9 Å². The standard InChI is InChI=1S/C14H23NO2/c1-10(2)14-12(16-5)7-11(9-15(3)4)8-13(14)17-6/h7-8,10H,9H2,1-6H3. The van der Waals surface area contributed by atoms with Crippen LogP contribution >= 0.6 is 0 Å². The molecule has 0 aliphatic carbocycles. The van der Waals surface area contributed by atoms with Crippen LogP contribution in [-0.2, 0) is 6.54 Å². The van der Waals surface area contributed by atoms with Crippen LogP contribution in [-0.4, -0.2) is 33.2 Å². The number of ether oxygens (including phenoxy) is 2. The van der Waals surface area contributed by atoms with Crippen LogP contribution in [0, 0.1) is 0 Å². The largest absolute Gasteiger partial charge is 0.496 e. The van der Waals surface area contributed by atoms with Crippen LogP contribution in [0.3, 0.4) is 0 Å². The summed E-state index contributed by atoms with van der Waals surface area (Å²) in [5.74, 6) is 2.21. The molecule has 3 nitrogen and oxygen atoms in total. The Balaban J connectivity index is 3.23. The van der Waals surface area contributed by atoms with Crippen molar-refractivity contribution in [1.29, 1.82) is 0 Å². The second-order valence-electron chi connectivity index (χ2n) is 4.81. The molecule has 0 spiro atoms. The average molecular weight is 237 g/mol. The van der Waals surface area contributed by atoms with E-state index in [1.807, 2.05) is 0 Å². The summed E-state index contributed by atoms with van der Waals surface area (Å²) in [5, 5.41) is 0. The molecule has 0 bridgehead atoms. The molecule has 17 heavy (non-hydrogen) atoms. The molecule has 1 aromatic rings. The van der Waals surface area contributed by atoms with Gasteiger partial charge in [0.05, 0.1) is 14.2 Å². The molecule has 1 rings (SSSR count). The molecular weight excluding hydrogens is 214 g/mol. The Morgan fingerprint density at radius 2 is 1.53 bits per heavy atom. The summed E-state index contributed by atoms with van der Waals surface area (Å²) in [4.78, 5) is 2.13. The lowest BCUT2D eigenvalue weighted by atomic mass is 9.98. The van der Waals surface area contributed by atoms with Crippen molar-refractivity contribution in [2.24, 2.45) is 0 Å². The summed E-state index contributed by atoms with van der Waals surface area (Å²) >= 11 is 0. The highest BCUT2D eigenvalue weighted by Crippen LogP contribution is 2.36. The molecule has 0 aliphatic heterocycles. The van der Waals surface area contributed by atoms with Gasteiger partial charge in [0.15, 0.2) is 0 Å². The summed E-state index contributed by atoms with van der Waals surface area (Å²) in [6.45, 7) is 5.17. The number of methoxy groups -OCH3 is 2. The van der Waals surface area contributed by atoms with Crippen molar-refractivity contribution in [1.82, 2.24) is 4.90 Å². The molecule has 0 aliphatic rings. The topological polar surface area (TPSA) is 21.7 Å². The van der Waals surface area contributed by atoms with Gasteiger partial charge in [-0.3, -0.25) is 0 Å². The summed E-state index contributed by atoms with van der Waals surface area (Å²) in [5.41, 5.74) is 2.34. The maximum absolute atomic E-state index is 5.47. The first-order valence-electron chi connectivity index (χ1n) is 5.89. The molecular formula is C14H23NO2. The molecule has 0 saturated heterocycles. The van der Waals surface area contributed by atoms with Crippen LogP contribution in [0.5, 0.6) is 11.5 Å². The number of hydrogen-bond acceptors (Lipinski definition) is 3. The Labute approximate surface area is 104 Å². The van der Waals surface area contributed by atoms with Crippen LogP contribution in [0.25, 0.3) is 0 Å². The lowest BCUT2D eigenvalue weighted by molar-refractivity contribution is 0.373. The molecule has 0 N–H and O–H groups in total. The molecule has 0 radical (unpaired) electrons. The number of benzene rings is 1. The van der Waals surface area contributed by atoms with E-state index in [-0.39, 0.29) is 0 Å². The van der Waals surface area contributed by atoms with Crippen LogP contribution in [0.15, 0.2) is 12.1 Å². The third kappa shape index (κ3) is 3.37. The monoisotopic (exact) mass is 237 g/mol. The third-order valence-corrected chi connectivity index (χ3v) is 2.68. The molecule has 1 aromatic carbocycles. The van der Waals surface area contributed by atoms with Gasteiger partial charge in [-0.2, -0.15) is 0 Å². The van der Waals surface area contributed by atoms with Crippen molar-refractivity contribution in [2.75, 3.05) is 28.3 Å². The van der Waals surface area contributed by atoms with Crippen LogP contribution in [0.2, 0.25) is 0 Å². The third-order valence-electron chi connectivity index (χ3n) is 2.68. The van der Waals surface area contributed by atoms with Gasteiger partial charge in [0.25, 0.3) is 0 Å². The number of hydrogen-bond donors (Lipinski definition) is 0. The van der Waals surface area contributed by atoms with Crippen molar-refractivity contribution in [3.8, 4) is 11.5 Å². The van der Waals surface area contributed by atoms with Crippen LogP contribution in [0.4, 0.5) is 0 Å². The number of rotatable bonds is 5. The van der Waals surface area contributed by atoms with E-state index in [0.29, 0.717) is 5.92 Å². The minimum atomic E-state index is 0.383. The van der Waals surface area contributed by atoms with Crippen molar-refractivity contribution >= 4 is 0 Å². The molecule has 0 heterocycles. The number of nitrogens with zero attached hydrogens (tertiary/aromatic N) is 1. The van der Waals surface area contributed by atoms with E-state index in [4.69, 9.17) is 9.47 Å². The van der Waals surface area contributed by atoms with Gasteiger partial charge in [0.2, 0.25) is 0 Å². The summed E-state index contributed by atoms with van der Waals surface area (Å²) in [7, 11) is 7.52. The van der Waals surface area contributed by atoms with Gasteiger partial charge in [0.1, 0.15) is 11.5 Å². The molecule has 0 saturated carbocycles. The predicted molar refractivity (Wildman–Crippen MR) is 71.0 cm³/mol. The molecule has 3 heteroatoms. The first kappa shape index (κ1) is 13.8. The van der Waals surface area contributed by atoms with Gasteiger partial charge >= 0.3 is 0 Å². The van der Waals surface area contributed by atoms with Gasteiger partial charge in [-0.15, -0.1) is 0 Å². The van der Waals surface area contributed by atoms with Crippen molar-refractivity contribution in [3.05, 3.63) is 23.3 Å². The Morgan fingerprint density at radius 3 is 1.82 bits per heavy atom. The lowest BCUT2D eigenvalue weighted by Gasteiger charge is -2.19. The van der Waals surface area contributed by atoms with Crippen LogP contribution < -0.4 is 9.47 Å². The molecule has 96 valence electrons. The quantitative estimate of drug-likeness (QED) is 0.786. The van der Waals surface area contributed by atoms with E-state index in [1.54, 1.807) is 14.2 Å². The zero-order chi connectivity index (χ0) is 13.0. The Kier molecular flexibility index (Phi) is 4.82. The first-order chi connectivity index (χ1) is 7.99. The summed E-state index contributed by atoms with van der Waals surface area (Å²) in [6, 6.07) is 4.19. The van der Waals surface area contributed by atoms with Gasteiger partial charge < -0.3 is 14.4 Å². The normalized spacial score (nSPS) is 11.1. The highest BCUT2D eigenvalue weighted by molar-refractivity contribution is 5.49. The smallest absolute Gasteiger partial charge is 0.126 e. The SMILES string of the molecule is COc1cc(CN(C)C)cc(OC)c1C(C)C. The summed E-state index contributed by atoms with van der Waals surface area (Å²) < 4.78 is 10.9. The van der Waals surface area contributed by atoms with Gasteiger partial charge in [-0.1, -0.05) is 13.8 Å². The maximum Gasteiger partial charge on any atom is 0.126 e. The zero-order valence-corrected chi connectivity index (χ0v) is 11.7. The van der Waals surface area contributed by atoms with Crippen molar-refractivity contribution < 1.29 is 9.47 Å². The van der Waals surface area contributed by atoms with Gasteiger partial charge in [0, 0.05) is 12.1 Å². The maximum atomic E-state index is 5.47. The lowest BCUT2D eigenvalue weighted by Crippen LogP contribution is -2.11. The first-order valence-corrected chi connectivity index (χ1v) is 5.89. The minimum Gasteiger partial charge on any atom is -0.496 e. The molecule has 0 fully saturated rings. The molecule has 0 amide bonds. The van der Waals surface area contributed by atoms with E-state index >= 15 is 0 Å². The average Bonchev–Trinajstić information content (AvgIpc) is 2.26. The fourth-order valence-corrected chi connectivity index (χ4v) is 2.02. The Bertz CT molecular complexity index is 347. The van der Waals surface area contributed by atoms with E-state index in [0.717, 1.165) is 23.6 Å². The molecule has 0 aromatic heterocycles. The Morgan fingerprint density at radius 1 is 1.06 bits per heavy atom. The van der Waals surface area contributed by atoms with Crippen molar-refractivity contribution in [2.45, 2.75) is 26.3 Å². The molecule has 0 unspecified atom stereocenters. The Hall–Kier alpha value is -1.22. The molecule has 0 atom stereocenters. The van der Waals surface area contributed by atoms with Crippen molar-refractivity contribution in [3.63, 3.8) is 0 Å². The van der Waals surface area contributed by atoms with Gasteiger partial charge in [-0.05, 0) is 37.7 Å². The van der Waals surface area contributed by atoms with E-state index in [9.17, 15) is 0 Å². The zero-order valence-electron chi connectivity index (χ0n) is 11.7. The highest BCUT2D eigenvalue weighted by atomic mass is 16.5. The summed E-state index contributed by atoms with van der Waals surface area (Å²) in [6.07, 6.45) is 0. The minimum absolute atomic E-state index is 0.383. The second kappa shape index (κ2) is 5.92. The predicted octanol–water partition coefficient (Wildman–Crippen LogP) is 2.89. The fourth-order valence-electron chi connectivity index (χ4n) is 2.02. The van der Waals surface area contributed by atoms with E-state index in [2.05, 4.69) is 45.0 Å². The van der Waals surface area contributed by atoms with E-state index < -0.39 is 0 Å². The second-order valence-corrected chi connectivity index (χ2v) is 4.81. The highest BCUT2D eigenvalue weighted by Gasteiger charge is 2.15. The van der Waals surface area contributed by atoms with Gasteiger partial charge in [-0.25, -0.2) is 0 Å². The van der Waals surface area contributed by atoms with E-state index in [1.165, 1.54) is 5.56 Å². The fraction of sp³-hybridized carbons (Fsp3) is 0.571.